The van der Waals surface area contributed by atoms with E-state index in [1.165, 1.54) is 10.7 Å². The zero-order chi connectivity index (χ0) is 19.0. The second kappa shape index (κ2) is 7.13. The van der Waals surface area contributed by atoms with Crippen molar-refractivity contribution >= 4 is 5.91 Å². The van der Waals surface area contributed by atoms with Gasteiger partial charge in [-0.05, 0) is 45.2 Å². The molecule has 1 amide bonds. The number of allylic oxidation sites excluding steroid dienone is 2. The van der Waals surface area contributed by atoms with E-state index in [1.54, 1.807) is 10.7 Å². The first-order valence-electron chi connectivity index (χ1n) is 9.57. The van der Waals surface area contributed by atoms with Crippen LogP contribution < -0.4 is 5.56 Å². The number of carbonyl (C=O) groups is 1. The summed E-state index contributed by atoms with van der Waals surface area (Å²) in [6.45, 7) is 5.84. The van der Waals surface area contributed by atoms with Gasteiger partial charge in [-0.3, -0.25) is 9.59 Å². The van der Waals surface area contributed by atoms with E-state index in [1.807, 2.05) is 24.8 Å². The molecule has 0 radical (unpaired) electrons. The maximum absolute atomic E-state index is 12.5. The summed E-state index contributed by atoms with van der Waals surface area (Å²) in [4.78, 5) is 26.7. The van der Waals surface area contributed by atoms with Crippen molar-refractivity contribution in [3.8, 4) is 5.82 Å². The van der Waals surface area contributed by atoms with E-state index >= 15 is 0 Å². The standard InChI is InChI=1S/C20H25N5O2/c1-14-10-15(2)25(21-14)18-8-9-19(26)24(22-18)13-16-11-23(12-16)20(27)17-6-4-3-5-7-17/h3-4,8-10,16-17H,5-7,11-13H2,1-2H3. The summed E-state index contributed by atoms with van der Waals surface area (Å²) in [7, 11) is 0. The van der Waals surface area contributed by atoms with Crippen LogP contribution in [0.4, 0.5) is 0 Å². The van der Waals surface area contributed by atoms with Gasteiger partial charge < -0.3 is 4.90 Å². The molecule has 142 valence electrons. The first-order valence-corrected chi connectivity index (χ1v) is 9.57. The summed E-state index contributed by atoms with van der Waals surface area (Å²) >= 11 is 0. The van der Waals surface area contributed by atoms with Gasteiger partial charge in [0.2, 0.25) is 5.91 Å². The second-order valence-electron chi connectivity index (χ2n) is 7.64. The number of rotatable bonds is 4. The average Bonchev–Trinajstić information content (AvgIpc) is 2.97. The molecule has 1 atom stereocenters. The monoisotopic (exact) mass is 367 g/mol. The van der Waals surface area contributed by atoms with E-state index in [2.05, 4.69) is 22.3 Å². The Balaban J connectivity index is 1.41. The molecule has 1 aliphatic heterocycles. The Hall–Kier alpha value is -2.70. The van der Waals surface area contributed by atoms with Crippen LogP contribution in [0.2, 0.25) is 0 Å². The molecule has 2 aliphatic rings. The predicted octanol–water partition coefficient (Wildman–Crippen LogP) is 1.86. The maximum Gasteiger partial charge on any atom is 0.266 e. The summed E-state index contributed by atoms with van der Waals surface area (Å²) in [5, 5.41) is 8.92. The molecule has 4 rings (SSSR count). The Bertz CT molecular complexity index is 936. The van der Waals surface area contributed by atoms with E-state index in [4.69, 9.17) is 0 Å². The van der Waals surface area contributed by atoms with Gasteiger partial charge in [0, 0.05) is 36.7 Å². The molecule has 2 aromatic heterocycles. The Kier molecular flexibility index (Phi) is 4.68. The van der Waals surface area contributed by atoms with E-state index in [0.29, 0.717) is 25.5 Å². The fourth-order valence-corrected chi connectivity index (χ4v) is 3.93. The topological polar surface area (TPSA) is 73.0 Å². The third-order valence-electron chi connectivity index (χ3n) is 5.40. The zero-order valence-electron chi connectivity index (χ0n) is 15.8. The largest absolute Gasteiger partial charge is 0.342 e. The Labute approximate surface area is 158 Å². The minimum Gasteiger partial charge on any atom is -0.342 e. The van der Waals surface area contributed by atoms with Crippen LogP contribution in [0.3, 0.4) is 0 Å². The van der Waals surface area contributed by atoms with Crippen molar-refractivity contribution in [1.29, 1.82) is 0 Å². The van der Waals surface area contributed by atoms with E-state index in [9.17, 15) is 9.59 Å². The lowest BCUT2D eigenvalue weighted by molar-refractivity contribution is -0.142. The van der Waals surface area contributed by atoms with Gasteiger partial charge in [-0.1, -0.05) is 12.2 Å². The van der Waals surface area contributed by atoms with Crippen molar-refractivity contribution in [3.05, 3.63) is 52.1 Å². The molecule has 3 heterocycles. The van der Waals surface area contributed by atoms with Crippen molar-refractivity contribution in [2.45, 2.75) is 39.7 Å². The summed E-state index contributed by atoms with van der Waals surface area (Å²) in [5.41, 5.74) is 1.77. The summed E-state index contributed by atoms with van der Waals surface area (Å²) in [6.07, 6.45) is 7.05. The molecule has 1 fully saturated rings. The van der Waals surface area contributed by atoms with Crippen molar-refractivity contribution < 1.29 is 4.79 Å². The molecule has 0 aromatic carbocycles. The summed E-state index contributed by atoms with van der Waals surface area (Å²) in [5.74, 6) is 1.30. The van der Waals surface area contributed by atoms with Gasteiger partial charge in [0.15, 0.2) is 5.82 Å². The van der Waals surface area contributed by atoms with Crippen molar-refractivity contribution in [1.82, 2.24) is 24.5 Å². The van der Waals surface area contributed by atoms with Gasteiger partial charge in [0.05, 0.1) is 12.2 Å². The van der Waals surface area contributed by atoms with Crippen LogP contribution in [0.15, 0.2) is 35.1 Å². The van der Waals surface area contributed by atoms with Gasteiger partial charge in [0.25, 0.3) is 5.56 Å². The van der Waals surface area contributed by atoms with Gasteiger partial charge in [-0.15, -0.1) is 5.10 Å². The van der Waals surface area contributed by atoms with Crippen LogP contribution in [0.5, 0.6) is 0 Å². The molecule has 0 bridgehead atoms. The van der Waals surface area contributed by atoms with Crippen molar-refractivity contribution in [2.75, 3.05) is 13.1 Å². The number of hydrogen-bond donors (Lipinski definition) is 0. The molecule has 0 spiro atoms. The Morgan fingerprint density at radius 1 is 1.19 bits per heavy atom. The van der Waals surface area contributed by atoms with Crippen LogP contribution in [0.1, 0.15) is 30.7 Å². The smallest absolute Gasteiger partial charge is 0.266 e. The van der Waals surface area contributed by atoms with Crippen molar-refractivity contribution in [2.24, 2.45) is 11.8 Å². The third-order valence-corrected chi connectivity index (χ3v) is 5.40. The van der Waals surface area contributed by atoms with Gasteiger partial charge in [0.1, 0.15) is 0 Å². The lowest BCUT2D eigenvalue weighted by atomic mass is 9.90. The SMILES string of the molecule is Cc1cc(C)n(-c2ccc(=O)n(CC3CN(C(=O)C4CC=CCC4)C3)n2)n1. The number of aromatic nitrogens is 4. The highest BCUT2D eigenvalue weighted by molar-refractivity contribution is 5.80. The number of carbonyl (C=O) groups excluding carboxylic acids is 1. The number of amides is 1. The van der Waals surface area contributed by atoms with Crippen LogP contribution in [0.25, 0.3) is 5.82 Å². The quantitative estimate of drug-likeness (QED) is 0.773. The highest BCUT2D eigenvalue weighted by atomic mass is 16.2. The lowest BCUT2D eigenvalue weighted by Gasteiger charge is -2.41. The Morgan fingerprint density at radius 3 is 2.67 bits per heavy atom. The third kappa shape index (κ3) is 3.59. The maximum atomic E-state index is 12.5. The molecule has 7 heteroatoms. The van der Waals surface area contributed by atoms with E-state index in [-0.39, 0.29) is 23.3 Å². The zero-order valence-corrected chi connectivity index (χ0v) is 15.8. The molecule has 1 saturated heterocycles. The van der Waals surface area contributed by atoms with Crippen LogP contribution in [0, 0.1) is 25.7 Å². The molecule has 1 aliphatic carbocycles. The minimum atomic E-state index is -0.123. The summed E-state index contributed by atoms with van der Waals surface area (Å²) in [6, 6.07) is 5.22. The first-order chi connectivity index (χ1) is 13.0. The van der Waals surface area contributed by atoms with E-state index < -0.39 is 0 Å². The molecule has 2 aromatic rings. The molecule has 7 nitrogen and oxygen atoms in total. The van der Waals surface area contributed by atoms with Gasteiger partial charge in [-0.2, -0.15) is 5.10 Å². The van der Waals surface area contributed by atoms with Gasteiger partial charge >= 0.3 is 0 Å². The fourth-order valence-electron chi connectivity index (χ4n) is 3.93. The first kappa shape index (κ1) is 17.7. The van der Waals surface area contributed by atoms with Crippen LogP contribution in [-0.2, 0) is 11.3 Å². The highest BCUT2D eigenvalue weighted by Gasteiger charge is 2.34. The number of nitrogens with zero attached hydrogens (tertiary/aromatic N) is 5. The molecule has 27 heavy (non-hydrogen) atoms. The molecule has 1 unspecified atom stereocenters. The molecule has 0 saturated carbocycles. The molecular formula is C20H25N5O2. The normalized spacial score (nSPS) is 19.9. The summed E-state index contributed by atoms with van der Waals surface area (Å²) < 4.78 is 3.25. The van der Waals surface area contributed by atoms with Crippen molar-refractivity contribution in [3.63, 3.8) is 0 Å². The fraction of sp³-hybridized carbons (Fsp3) is 0.500. The van der Waals surface area contributed by atoms with Crippen LogP contribution >= 0.6 is 0 Å². The van der Waals surface area contributed by atoms with Crippen LogP contribution in [-0.4, -0.2) is 43.5 Å². The predicted molar refractivity (Wildman–Crippen MR) is 102 cm³/mol. The Morgan fingerprint density at radius 2 is 2.00 bits per heavy atom. The number of likely N-dealkylation sites (tertiary alicyclic amines) is 1. The number of aryl methyl sites for hydroxylation is 2. The lowest BCUT2D eigenvalue weighted by Crippen LogP contribution is -2.54. The minimum absolute atomic E-state index is 0.123. The van der Waals surface area contributed by atoms with Gasteiger partial charge in [-0.25, -0.2) is 9.36 Å². The highest BCUT2D eigenvalue weighted by Crippen LogP contribution is 2.25. The molecular weight excluding hydrogens is 342 g/mol. The number of hydrogen-bond acceptors (Lipinski definition) is 4. The molecule has 0 N–H and O–H groups in total. The van der Waals surface area contributed by atoms with E-state index in [0.717, 1.165) is 30.7 Å². The second-order valence-corrected chi connectivity index (χ2v) is 7.64. The average molecular weight is 367 g/mol.